The van der Waals surface area contributed by atoms with Crippen LogP contribution in [0.15, 0.2) is 18.2 Å². The maximum absolute atomic E-state index is 13.0. The second-order valence-corrected chi connectivity index (χ2v) is 5.46. The lowest BCUT2D eigenvalue weighted by molar-refractivity contribution is -0.148. The van der Waals surface area contributed by atoms with Gasteiger partial charge in [0.25, 0.3) is 0 Å². The zero-order valence-corrected chi connectivity index (χ0v) is 13.4. The Hall–Kier alpha value is -1.47. The van der Waals surface area contributed by atoms with E-state index in [1.54, 1.807) is 18.2 Å². The van der Waals surface area contributed by atoms with Gasteiger partial charge >= 0.3 is 6.18 Å². The standard InChI is InChI=1S/C16H23F3N2O2/c1-3-23-14-5-4-12(10-15(14)22-2)13(11-16(17,18)19)21-8-6-20-7-9-21/h4-5,10,13,20H,3,6-9,11H2,1-2H3/t13-/m1/s1. The van der Waals surface area contributed by atoms with Crippen molar-refractivity contribution in [1.29, 1.82) is 0 Å². The van der Waals surface area contributed by atoms with Crippen LogP contribution in [-0.2, 0) is 0 Å². The highest BCUT2D eigenvalue weighted by molar-refractivity contribution is 5.44. The molecule has 0 aromatic heterocycles. The number of benzene rings is 1. The molecule has 0 unspecified atom stereocenters. The molecule has 0 spiro atoms. The number of nitrogens with one attached hydrogen (secondary N) is 1. The van der Waals surface area contributed by atoms with E-state index in [0.29, 0.717) is 49.8 Å². The molecule has 1 N–H and O–H groups in total. The summed E-state index contributed by atoms with van der Waals surface area (Å²) >= 11 is 0. The van der Waals surface area contributed by atoms with E-state index < -0.39 is 18.6 Å². The van der Waals surface area contributed by atoms with Gasteiger partial charge in [-0.3, -0.25) is 4.90 Å². The van der Waals surface area contributed by atoms with Gasteiger partial charge in [-0.15, -0.1) is 0 Å². The van der Waals surface area contributed by atoms with Crippen molar-refractivity contribution >= 4 is 0 Å². The van der Waals surface area contributed by atoms with E-state index in [1.165, 1.54) is 7.11 Å². The van der Waals surface area contributed by atoms with Crippen LogP contribution in [0.1, 0.15) is 24.9 Å². The molecule has 1 aromatic rings. The zero-order chi connectivity index (χ0) is 16.9. The Balaban J connectivity index is 2.29. The van der Waals surface area contributed by atoms with Gasteiger partial charge in [-0.25, -0.2) is 0 Å². The van der Waals surface area contributed by atoms with Crippen molar-refractivity contribution in [2.45, 2.75) is 25.6 Å². The quantitative estimate of drug-likeness (QED) is 0.868. The summed E-state index contributed by atoms with van der Waals surface area (Å²) in [7, 11) is 1.49. The van der Waals surface area contributed by atoms with Gasteiger partial charge in [-0.1, -0.05) is 6.07 Å². The fourth-order valence-electron chi connectivity index (χ4n) is 2.84. The van der Waals surface area contributed by atoms with E-state index >= 15 is 0 Å². The Bertz CT molecular complexity index is 503. The van der Waals surface area contributed by atoms with Gasteiger partial charge in [0, 0.05) is 32.2 Å². The smallest absolute Gasteiger partial charge is 0.390 e. The van der Waals surface area contributed by atoms with Crippen molar-refractivity contribution in [1.82, 2.24) is 10.2 Å². The van der Waals surface area contributed by atoms with Crippen molar-refractivity contribution < 1.29 is 22.6 Å². The van der Waals surface area contributed by atoms with Crippen LogP contribution in [0, 0.1) is 0 Å². The van der Waals surface area contributed by atoms with E-state index in [-0.39, 0.29) is 0 Å². The number of rotatable bonds is 6. The van der Waals surface area contributed by atoms with Crippen LogP contribution in [0.5, 0.6) is 11.5 Å². The highest BCUT2D eigenvalue weighted by Crippen LogP contribution is 2.37. The van der Waals surface area contributed by atoms with Crippen LogP contribution in [0.2, 0.25) is 0 Å². The first-order valence-electron chi connectivity index (χ1n) is 7.77. The Labute approximate surface area is 134 Å². The van der Waals surface area contributed by atoms with E-state index in [4.69, 9.17) is 9.47 Å². The summed E-state index contributed by atoms with van der Waals surface area (Å²) in [5.74, 6) is 1.01. The highest BCUT2D eigenvalue weighted by atomic mass is 19.4. The normalized spacial score (nSPS) is 17.8. The maximum atomic E-state index is 13.0. The molecule has 4 nitrogen and oxygen atoms in total. The molecule has 1 atom stereocenters. The summed E-state index contributed by atoms with van der Waals surface area (Å²) in [6, 6.07) is 4.33. The van der Waals surface area contributed by atoms with E-state index in [1.807, 2.05) is 11.8 Å². The molecule has 0 radical (unpaired) electrons. The minimum Gasteiger partial charge on any atom is -0.493 e. The second-order valence-electron chi connectivity index (χ2n) is 5.46. The van der Waals surface area contributed by atoms with Crippen molar-refractivity contribution in [2.24, 2.45) is 0 Å². The van der Waals surface area contributed by atoms with Gasteiger partial charge in [0.2, 0.25) is 0 Å². The van der Waals surface area contributed by atoms with Gasteiger partial charge < -0.3 is 14.8 Å². The molecule has 7 heteroatoms. The third-order valence-electron chi connectivity index (χ3n) is 3.89. The van der Waals surface area contributed by atoms with E-state index in [2.05, 4.69) is 5.32 Å². The van der Waals surface area contributed by atoms with Crippen molar-refractivity contribution in [3.8, 4) is 11.5 Å². The summed E-state index contributed by atoms with van der Waals surface area (Å²) in [4.78, 5) is 1.87. The molecule has 130 valence electrons. The van der Waals surface area contributed by atoms with Crippen molar-refractivity contribution in [3.63, 3.8) is 0 Å². The van der Waals surface area contributed by atoms with Crippen LogP contribution in [-0.4, -0.2) is 51.0 Å². The third kappa shape index (κ3) is 5.00. The predicted octanol–water partition coefficient (Wildman–Crippen LogP) is 2.99. The SMILES string of the molecule is CCOc1ccc([C@@H](CC(F)(F)F)N2CCNCC2)cc1OC. The Morgan fingerprint density at radius 3 is 2.48 bits per heavy atom. The zero-order valence-electron chi connectivity index (χ0n) is 13.4. The first kappa shape index (κ1) is 17.9. The summed E-state index contributed by atoms with van der Waals surface area (Å²) in [5.41, 5.74) is 0.601. The van der Waals surface area contributed by atoms with Gasteiger partial charge in [-0.2, -0.15) is 13.2 Å². The van der Waals surface area contributed by atoms with Crippen LogP contribution >= 0.6 is 0 Å². The van der Waals surface area contributed by atoms with Gasteiger partial charge in [0.15, 0.2) is 11.5 Å². The third-order valence-corrected chi connectivity index (χ3v) is 3.89. The molecule has 1 aliphatic heterocycles. The molecule has 0 bridgehead atoms. The topological polar surface area (TPSA) is 33.7 Å². The van der Waals surface area contributed by atoms with Crippen molar-refractivity contribution in [3.05, 3.63) is 23.8 Å². The van der Waals surface area contributed by atoms with Crippen LogP contribution in [0.3, 0.4) is 0 Å². The fourth-order valence-corrected chi connectivity index (χ4v) is 2.84. The molecule has 1 aromatic carbocycles. The van der Waals surface area contributed by atoms with E-state index in [0.717, 1.165) is 0 Å². The molecule has 0 aliphatic carbocycles. The average molecular weight is 332 g/mol. The summed E-state index contributed by atoms with van der Waals surface area (Å²) in [5, 5.41) is 3.16. The van der Waals surface area contributed by atoms with E-state index in [9.17, 15) is 13.2 Å². The average Bonchev–Trinajstić information content (AvgIpc) is 2.53. The van der Waals surface area contributed by atoms with Gasteiger partial charge in [-0.05, 0) is 24.6 Å². The lowest BCUT2D eigenvalue weighted by Crippen LogP contribution is -2.46. The molecule has 23 heavy (non-hydrogen) atoms. The number of halogens is 3. The number of hydrogen-bond acceptors (Lipinski definition) is 4. The Kier molecular flexibility index (Phi) is 6.12. The number of ether oxygens (including phenoxy) is 2. The molecular formula is C16H23F3N2O2. The number of methoxy groups -OCH3 is 1. The largest absolute Gasteiger partial charge is 0.493 e. The first-order chi connectivity index (χ1) is 10.9. The second kappa shape index (κ2) is 7.88. The number of nitrogens with zero attached hydrogens (tertiary/aromatic N) is 1. The van der Waals surface area contributed by atoms with Crippen LogP contribution in [0.25, 0.3) is 0 Å². The Morgan fingerprint density at radius 2 is 1.91 bits per heavy atom. The fraction of sp³-hybridized carbons (Fsp3) is 0.625. The van der Waals surface area contributed by atoms with Gasteiger partial charge in [0.05, 0.1) is 20.1 Å². The summed E-state index contributed by atoms with van der Waals surface area (Å²) in [6.45, 7) is 4.90. The highest BCUT2D eigenvalue weighted by Gasteiger charge is 2.36. The van der Waals surface area contributed by atoms with Crippen LogP contribution < -0.4 is 14.8 Å². The maximum Gasteiger partial charge on any atom is 0.390 e. The minimum atomic E-state index is -4.22. The lowest BCUT2D eigenvalue weighted by Gasteiger charge is -2.35. The Morgan fingerprint density at radius 1 is 1.22 bits per heavy atom. The first-order valence-corrected chi connectivity index (χ1v) is 7.77. The molecule has 1 heterocycles. The summed E-state index contributed by atoms with van der Waals surface area (Å²) in [6.07, 6.45) is -5.09. The molecule has 2 rings (SSSR count). The summed E-state index contributed by atoms with van der Waals surface area (Å²) < 4.78 is 49.8. The van der Waals surface area contributed by atoms with Gasteiger partial charge in [0.1, 0.15) is 0 Å². The minimum absolute atomic E-state index is 0.464. The monoisotopic (exact) mass is 332 g/mol. The molecule has 1 fully saturated rings. The lowest BCUT2D eigenvalue weighted by atomic mass is 10.00. The number of piperazine rings is 1. The van der Waals surface area contributed by atoms with Crippen molar-refractivity contribution in [2.75, 3.05) is 39.9 Å². The molecule has 0 amide bonds. The molecule has 0 saturated carbocycles. The molecule has 1 aliphatic rings. The molecule has 1 saturated heterocycles. The predicted molar refractivity (Wildman–Crippen MR) is 82.0 cm³/mol. The number of hydrogen-bond donors (Lipinski definition) is 1. The molecular weight excluding hydrogens is 309 g/mol. The van der Waals surface area contributed by atoms with Crippen LogP contribution in [0.4, 0.5) is 13.2 Å². The number of alkyl halides is 3.